The molecule has 0 saturated heterocycles. The van der Waals surface area contributed by atoms with Gasteiger partial charge in [-0.15, -0.1) is 0 Å². The smallest absolute Gasteiger partial charge is 0.166 e. The van der Waals surface area contributed by atoms with Gasteiger partial charge < -0.3 is 19.4 Å². The molecule has 0 unspecified atom stereocenters. The molecule has 2 aromatic rings. The topological polar surface area (TPSA) is 95.1 Å². The highest BCUT2D eigenvalue weighted by Gasteiger charge is 2.12. The Kier molecular flexibility index (Phi) is 5.86. The zero-order chi connectivity index (χ0) is 16.7. The highest BCUT2D eigenvalue weighted by molar-refractivity contribution is 7.91. The standard InChI is InChI=1S/C16H17O6S/c17-9-11-21-13-1-5-15(6-2-13)23(19,20)16-7-3-14(4-8-16)22-12-10-18/h1-8,11,17-18H,9-10,12H2/q-1. The molecule has 0 fully saturated rings. The van der Waals surface area contributed by atoms with Crippen LogP contribution in [0.25, 0.3) is 0 Å². The van der Waals surface area contributed by atoms with Gasteiger partial charge in [-0.05, 0) is 29.2 Å². The summed E-state index contributed by atoms with van der Waals surface area (Å²) >= 11 is 0. The van der Waals surface area contributed by atoms with E-state index in [9.17, 15) is 8.42 Å². The average Bonchev–Trinajstić information content (AvgIpc) is 2.59. The molecular weight excluding hydrogens is 320 g/mol. The van der Waals surface area contributed by atoms with Gasteiger partial charge in [-0.25, -0.2) is 8.42 Å². The van der Waals surface area contributed by atoms with E-state index < -0.39 is 9.84 Å². The second kappa shape index (κ2) is 7.87. The summed E-state index contributed by atoms with van der Waals surface area (Å²) in [6, 6.07) is 11.9. The Labute approximate surface area is 134 Å². The summed E-state index contributed by atoms with van der Waals surface area (Å²) in [5, 5.41) is 17.3. The first kappa shape index (κ1) is 17.1. The Hall–Kier alpha value is -2.22. The molecule has 0 amide bonds. The van der Waals surface area contributed by atoms with Crippen molar-refractivity contribution in [1.82, 2.24) is 0 Å². The fraction of sp³-hybridized carbons (Fsp3) is 0.188. The zero-order valence-electron chi connectivity index (χ0n) is 12.3. The van der Waals surface area contributed by atoms with E-state index >= 15 is 0 Å². The summed E-state index contributed by atoms with van der Waals surface area (Å²) in [7, 11) is -3.63. The molecule has 0 radical (unpaired) electrons. The van der Waals surface area contributed by atoms with E-state index in [1.54, 1.807) is 0 Å². The van der Waals surface area contributed by atoms with Gasteiger partial charge in [-0.2, -0.15) is 24.3 Å². The van der Waals surface area contributed by atoms with Crippen molar-refractivity contribution in [2.75, 3.05) is 19.8 Å². The lowest BCUT2D eigenvalue weighted by Gasteiger charge is -2.11. The van der Waals surface area contributed by atoms with Gasteiger partial charge in [0.05, 0.1) is 23.5 Å². The third-order valence-corrected chi connectivity index (χ3v) is 4.71. The molecule has 0 heterocycles. The van der Waals surface area contributed by atoms with Gasteiger partial charge >= 0.3 is 0 Å². The Bertz CT molecular complexity index is 770. The minimum Gasteiger partial charge on any atom is -0.491 e. The van der Waals surface area contributed by atoms with Crippen LogP contribution in [0.2, 0.25) is 0 Å². The van der Waals surface area contributed by atoms with Gasteiger partial charge in [-0.3, -0.25) is 0 Å². The van der Waals surface area contributed by atoms with Crippen LogP contribution < -0.4 is 10.2 Å². The van der Waals surface area contributed by atoms with Crippen molar-refractivity contribution < 1.29 is 23.4 Å². The Morgan fingerprint density at radius 3 is 2.30 bits per heavy atom. The predicted molar refractivity (Wildman–Crippen MR) is 84.2 cm³/mol. The van der Waals surface area contributed by atoms with Crippen molar-refractivity contribution in [3.8, 4) is 5.75 Å². The molecule has 0 spiro atoms. The monoisotopic (exact) mass is 337 g/mol. The fourth-order valence-corrected chi connectivity index (χ4v) is 3.11. The van der Waals surface area contributed by atoms with Gasteiger partial charge in [0.1, 0.15) is 12.4 Å². The molecule has 0 atom stereocenters. The summed E-state index contributed by atoms with van der Waals surface area (Å²) in [6.07, 6.45) is 0. The van der Waals surface area contributed by atoms with Crippen LogP contribution in [0.5, 0.6) is 5.75 Å². The van der Waals surface area contributed by atoms with Crippen LogP contribution in [0.1, 0.15) is 0 Å². The van der Waals surface area contributed by atoms with Gasteiger partial charge in [0.25, 0.3) is 0 Å². The summed E-state index contributed by atoms with van der Waals surface area (Å²) < 4.78 is 35.3. The highest BCUT2D eigenvalue weighted by Crippen LogP contribution is 2.22. The Balaban J connectivity index is 2.23. The van der Waals surface area contributed by atoms with Crippen molar-refractivity contribution in [2.45, 2.75) is 9.79 Å². The van der Waals surface area contributed by atoms with Crippen molar-refractivity contribution in [2.24, 2.45) is 0 Å². The molecule has 124 valence electrons. The summed E-state index contributed by atoms with van der Waals surface area (Å²) in [5.74, 6) is 0.487. The SMILES string of the molecule is O=S(=O)(c1ccc(OCCO)cc1)[c-]1ccc(=[O+][CH-]CO)cc1. The second-order valence-electron chi connectivity index (χ2n) is 4.49. The fourth-order valence-electron chi connectivity index (χ4n) is 1.85. The molecule has 2 N–H and O–H groups in total. The molecule has 0 bridgehead atoms. The van der Waals surface area contributed by atoms with Gasteiger partial charge in [0.2, 0.25) is 0 Å². The normalized spacial score (nSPS) is 11.0. The van der Waals surface area contributed by atoms with E-state index in [1.807, 2.05) is 0 Å². The zero-order valence-corrected chi connectivity index (χ0v) is 13.1. The third-order valence-electron chi connectivity index (χ3n) is 2.92. The van der Waals surface area contributed by atoms with Crippen LogP contribution in [-0.2, 0) is 9.84 Å². The van der Waals surface area contributed by atoms with Crippen LogP contribution >= 0.6 is 0 Å². The van der Waals surface area contributed by atoms with Crippen LogP contribution in [0.15, 0.2) is 62.7 Å². The van der Waals surface area contributed by atoms with Gasteiger partial charge in [0, 0.05) is 0 Å². The molecule has 2 rings (SSSR count). The van der Waals surface area contributed by atoms with Crippen molar-refractivity contribution in [1.29, 1.82) is 0 Å². The van der Waals surface area contributed by atoms with E-state index in [4.69, 9.17) is 19.4 Å². The first-order valence-corrected chi connectivity index (χ1v) is 8.34. The molecule has 0 aliphatic heterocycles. The number of hydrogen-bond acceptors (Lipinski definition) is 5. The first-order valence-electron chi connectivity index (χ1n) is 6.86. The third kappa shape index (κ3) is 4.38. The molecule has 23 heavy (non-hydrogen) atoms. The Morgan fingerprint density at radius 1 is 1.09 bits per heavy atom. The highest BCUT2D eigenvalue weighted by atomic mass is 32.2. The molecule has 0 aromatic heterocycles. The summed E-state index contributed by atoms with van der Waals surface area (Å²) in [4.78, 5) is 0.280. The van der Waals surface area contributed by atoms with E-state index in [1.165, 1.54) is 55.1 Å². The number of aliphatic hydroxyl groups is 2. The van der Waals surface area contributed by atoms with Crippen LogP contribution in [0.3, 0.4) is 0 Å². The van der Waals surface area contributed by atoms with E-state index in [-0.39, 0.29) is 29.6 Å². The van der Waals surface area contributed by atoms with Gasteiger partial charge in [0.15, 0.2) is 16.4 Å². The molecular formula is C16H17O6S-. The maximum atomic E-state index is 12.5. The number of benzene rings is 2. The summed E-state index contributed by atoms with van der Waals surface area (Å²) in [6.45, 7) is 1.01. The maximum Gasteiger partial charge on any atom is 0.166 e. The number of hydrogen-bond donors (Lipinski definition) is 2. The molecule has 0 saturated carbocycles. The quantitative estimate of drug-likeness (QED) is 0.572. The first-order chi connectivity index (χ1) is 11.1. The van der Waals surface area contributed by atoms with Crippen LogP contribution in [0.4, 0.5) is 0 Å². The van der Waals surface area contributed by atoms with E-state index in [0.29, 0.717) is 11.2 Å². The number of ether oxygens (including phenoxy) is 1. The van der Waals surface area contributed by atoms with Crippen LogP contribution in [0, 0.1) is 6.61 Å². The van der Waals surface area contributed by atoms with Crippen molar-refractivity contribution in [3.05, 3.63) is 65.0 Å². The van der Waals surface area contributed by atoms with Crippen molar-refractivity contribution >= 4 is 9.84 Å². The van der Waals surface area contributed by atoms with Crippen LogP contribution in [-0.4, -0.2) is 38.5 Å². The lowest BCUT2D eigenvalue weighted by molar-refractivity contribution is 0.201. The number of aliphatic hydroxyl groups excluding tert-OH is 2. The molecule has 2 aromatic carbocycles. The van der Waals surface area contributed by atoms with Gasteiger partial charge in [-0.1, -0.05) is 0 Å². The van der Waals surface area contributed by atoms with Crippen molar-refractivity contribution in [3.63, 3.8) is 0 Å². The Morgan fingerprint density at radius 2 is 1.74 bits per heavy atom. The predicted octanol–water partition coefficient (Wildman–Crippen LogP) is 0.659. The molecule has 7 heteroatoms. The maximum absolute atomic E-state index is 12.5. The molecule has 0 aliphatic rings. The lowest BCUT2D eigenvalue weighted by atomic mass is 10.3. The van der Waals surface area contributed by atoms with E-state index in [0.717, 1.165) is 0 Å². The molecule has 6 nitrogen and oxygen atoms in total. The number of rotatable bonds is 7. The second-order valence-corrected chi connectivity index (χ2v) is 6.44. The minimum absolute atomic E-state index is 0.109. The molecule has 0 aliphatic carbocycles. The lowest BCUT2D eigenvalue weighted by Crippen LogP contribution is -2.06. The summed E-state index contributed by atoms with van der Waals surface area (Å²) in [5.41, 5.74) is 0.436. The minimum atomic E-state index is -3.63. The van der Waals surface area contributed by atoms with E-state index in [2.05, 4.69) is 0 Å². The average molecular weight is 337 g/mol. The largest absolute Gasteiger partial charge is 0.491 e. The number of sulfone groups is 1.